The van der Waals surface area contributed by atoms with Crippen molar-refractivity contribution in [3.05, 3.63) is 221 Å². The summed E-state index contributed by atoms with van der Waals surface area (Å²) in [6, 6.07) is 41.3. The molecule has 2 unspecified atom stereocenters. The molecule has 24 nitrogen and oxygen atoms in total. The summed E-state index contributed by atoms with van der Waals surface area (Å²) < 4.78 is 70.1. The van der Waals surface area contributed by atoms with Gasteiger partial charge in [-0.25, -0.2) is 14.3 Å². The molecule has 2 fully saturated rings. The molecule has 1 amide bonds. The number of aromatic amines is 1. The average molecular weight is 1280 g/mol. The zero-order valence-electron chi connectivity index (χ0n) is 49.8. The van der Waals surface area contributed by atoms with Crippen LogP contribution < -0.4 is 36.3 Å². The summed E-state index contributed by atoms with van der Waals surface area (Å²) in [7, 11) is 1.22. The van der Waals surface area contributed by atoms with Crippen LogP contribution in [0, 0.1) is 28.4 Å². The fraction of sp³-hybridized carbons (Fsp3) is 0.355. The van der Waals surface area contributed by atoms with Crippen molar-refractivity contribution in [3.63, 3.8) is 0 Å². The van der Waals surface area contributed by atoms with Gasteiger partial charge in [-0.3, -0.25) is 42.9 Å². The minimum atomic E-state index is -4.28. The van der Waals surface area contributed by atoms with Gasteiger partial charge in [-0.15, -0.1) is 0 Å². The van der Waals surface area contributed by atoms with E-state index in [4.69, 9.17) is 58.1 Å². The Bertz CT molecular complexity index is 3760. The topological polar surface area (TPSA) is 281 Å². The number of rotatable bonds is 28. The number of nitriles is 1. The molecule has 89 heavy (non-hydrogen) atoms. The predicted octanol–water partition coefficient (Wildman–Crippen LogP) is 10.2. The molecule has 2 aliphatic heterocycles. The lowest BCUT2D eigenvalue weighted by Gasteiger charge is -2.38. The molecular weight excluding hydrogens is 1210 g/mol. The second-order valence-electron chi connectivity index (χ2n) is 21.3. The lowest BCUT2D eigenvalue weighted by atomic mass is 9.80. The number of anilines is 1. The first-order chi connectivity index (χ1) is 42.8. The van der Waals surface area contributed by atoms with E-state index in [1.165, 1.54) is 51.9 Å². The fourth-order valence-electron chi connectivity index (χ4n) is 10.4. The quantitative estimate of drug-likeness (QED) is 0.0152. The van der Waals surface area contributed by atoms with Crippen LogP contribution >= 0.6 is 15.2 Å². The van der Waals surface area contributed by atoms with Gasteiger partial charge in [0.15, 0.2) is 0 Å². The van der Waals surface area contributed by atoms with Gasteiger partial charge in [-0.1, -0.05) is 72.8 Å². The summed E-state index contributed by atoms with van der Waals surface area (Å²) in [6.45, 7) is 4.57. The second-order valence-corrected chi connectivity index (χ2v) is 25.6. The lowest BCUT2D eigenvalue weighted by Crippen LogP contribution is -2.39. The number of benzene rings is 5. The average Bonchev–Trinajstić information content (AvgIpc) is 2.59. The molecule has 0 bridgehead atoms. The van der Waals surface area contributed by atoms with Crippen molar-refractivity contribution in [3.8, 4) is 23.3 Å². The highest BCUT2D eigenvalue weighted by Gasteiger charge is 2.48. The first-order valence-electron chi connectivity index (χ1n) is 28.5. The summed E-state index contributed by atoms with van der Waals surface area (Å²) in [5.74, 6) is 0.757. The third-order valence-corrected chi connectivity index (χ3v) is 19.1. The monoisotopic (exact) mass is 1270 g/mol. The first-order valence-corrected chi connectivity index (χ1v) is 32.2. The number of H-pyrrole nitrogens is 1. The molecule has 0 aliphatic carbocycles. The van der Waals surface area contributed by atoms with Gasteiger partial charge in [0.25, 0.3) is 25.7 Å². The smallest absolute Gasteiger partial charge is 0.381 e. The van der Waals surface area contributed by atoms with Crippen molar-refractivity contribution in [2.75, 3.05) is 39.4 Å². The maximum atomic E-state index is 14.0. The Kier molecular flexibility index (Phi) is 21.9. The van der Waals surface area contributed by atoms with Crippen LogP contribution in [0.3, 0.4) is 0 Å². The Morgan fingerprint density at radius 2 is 1.38 bits per heavy atom. The van der Waals surface area contributed by atoms with Crippen LogP contribution in [0.25, 0.3) is 0 Å². The SMILES string of the molecule is COc1ccc(C(OC[C@H]2O[C@@H](n3cc(C)c(=O)[nH]c3=O)C[C@@H]2OP(=S)(OC[C@H]2O[C@@H](n3ccc(NC(=O)c4ccccc4)nc3=O)C[C@@H]2OP(OCCC#N)N(C(C)C)C(C)C)Oc2ccc([N+](=O)[O-])cc2)(c2ccccc2)c2ccc(OC)cc2)cc1. The van der Waals surface area contributed by atoms with E-state index in [1.54, 1.807) is 51.5 Å². The molecule has 0 radical (unpaired) electrons. The third kappa shape index (κ3) is 15.8. The van der Waals surface area contributed by atoms with Gasteiger partial charge in [0.1, 0.15) is 59.4 Å². The summed E-state index contributed by atoms with van der Waals surface area (Å²) in [5, 5.41) is 24.1. The maximum absolute atomic E-state index is 14.0. The summed E-state index contributed by atoms with van der Waals surface area (Å²) in [5.41, 5.74) is -1.01. The second kappa shape index (κ2) is 29.7. The highest BCUT2D eigenvalue weighted by molar-refractivity contribution is 8.07. The van der Waals surface area contributed by atoms with Crippen molar-refractivity contribution in [1.29, 1.82) is 5.26 Å². The Balaban J connectivity index is 1.10. The summed E-state index contributed by atoms with van der Waals surface area (Å²) >= 11 is 6.40. The Labute approximate surface area is 519 Å². The van der Waals surface area contributed by atoms with Crippen LogP contribution in [0.15, 0.2) is 166 Å². The molecule has 2 aromatic heterocycles. The van der Waals surface area contributed by atoms with Crippen LogP contribution in [0.5, 0.6) is 17.2 Å². The molecule has 2 saturated heterocycles. The van der Waals surface area contributed by atoms with Gasteiger partial charge in [-0.05, 0) is 106 Å². The number of aryl methyl sites for hydroxylation is 1. The van der Waals surface area contributed by atoms with Crippen molar-refractivity contribution in [2.24, 2.45) is 0 Å². The number of carbonyl (C=O) groups is 1. The minimum Gasteiger partial charge on any atom is -0.497 e. The third-order valence-electron chi connectivity index (χ3n) is 14.7. The molecule has 0 spiro atoms. The molecule has 2 aliphatic rings. The number of aromatic nitrogens is 4. The predicted molar refractivity (Wildman–Crippen MR) is 333 cm³/mol. The summed E-state index contributed by atoms with van der Waals surface area (Å²) in [6.07, 6.45) is -3.53. The number of methoxy groups -OCH3 is 2. The highest BCUT2D eigenvalue weighted by Crippen LogP contribution is 2.56. The van der Waals surface area contributed by atoms with Crippen LogP contribution in [0.4, 0.5) is 11.5 Å². The van der Waals surface area contributed by atoms with E-state index in [-0.39, 0.29) is 67.4 Å². The van der Waals surface area contributed by atoms with E-state index >= 15 is 0 Å². The number of ether oxygens (including phenoxy) is 5. The largest absolute Gasteiger partial charge is 0.497 e. The number of nitro benzene ring substituents is 1. The van der Waals surface area contributed by atoms with Gasteiger partial charge < -0.3 is 42.6 Å². The standard InChI is InChI=1S/C62H68N8O16P2S/c1-40(2)69(41(3)4)87(80-34-14-32-63)84-51-35-56(67-33-31-55(65-60(67)73)64-59(72)43-15-10-8-11-16-43)83-54(51)39-81-88(89,85-50-29-23-47(24-30-50)70(75)76)86-52-36-57(68-37-42(5)58(71)66-61(68)74)82-53(52)38-79-62(44-17-12-9-13-18-44,45-19-25-48(77-6)26-20-45)46-21-27-49(78-7)28-22-46/h8-13,15-31,33,37,40-41,51-54,56-57H,14,34-36,38-39H2,1-7H3,(H,66,71,74)(H,64,65,72,73)/t51-,52-,53+,54+,56+,57+,87?,88?/m0/s1. The molecule has 2 N–H and O–H groups in total. The molecule has 0 saturated carbocycles. The van der Waals surface area contributed by atoms with Crippen molar-refractivity contribution in [1.82, 2.24) is 23.8 Å². The number of hydrogen-bond acceptors (Lipinski definition) is 20. The minimum absolute atomic E-state index is 0.000513. The molecule has 7 aromatic rings. The van der Waals surface area contributed by atoms with E-state index < -0.39 is 92.1 Å². The Morgan fingerprint density at radius 3 is 1.96 bits per heavy atom. The lowest BCUT2D eigenvalue weighted by molar-refractivity contribution is -0.384. The Hall–Kier alpha value is -7.82. The number of non-ortho nitro benzene ring substituents is 1. The van der Waals surface area contributed by atoms with Gasteiger partial charge in [0.05, 0.1) is 57.6 Å². The van der Waals surface area contributed by atoms with E-state index in [9.17, 15) is 34.6 Å². The highest BCUT2D eigenvalue weighted by atomic mass is 32.5. The number of amides is 1. The molecule has 8 atom stereocenters. The molecule has 5 aromatic carbocycles. The zero-order valence-corrected chi connectivity index (χ0v) is 52.4. The number of nitrogens with zero attached hydrogens (tertiary/aromatic N) is 6. The zero-order chi connectivity index (χ0) is 63.4. The van der Waals surface area contributed by atoms with Gasteiger partial charge in [-0.2, -0.15) is 10.2 Å². The van der Waals surface area contributed by atoms with Gasteiger partial charge in [0.2, 0.25) is 0 Å². The first kappa shape index (κ1) is 65.6. The van der Waals surface area contributed by atoms with E-state index in [0.29, 0.717) is 28.2 Å². The molecule has 468 valence electrons. The van der Waals surface area contributed by atoms with Crippen LogP contribution in [-0.4, -0.2) is 105 Å². The maximum Gasteiger partial charge on any atom is 0.381 e. The molecule has 9 rings (SSSR count). The molecule has 4 heterocycles. The number of carbonyl (C=O) groups excluding carboxylic acids is 1. The van der Waals surface area contributed by atoms with Crippen molar-refractivity contribution < 1.29 is 56.0 Å². The van der Waals surface area contributed by atoms with Crippen molar-refractivity contribution in [2.45, 2.75) is 108 Å². The van der Waals surface area contributed by atoms with E-state index in [2.05, 4.69) is 21.4 Å². The van der Waals surface area contributed by atoms with E-state index in [0.717, 1.165) is 5.56 Å². The van der Waals surface area contributed by atoms with Gasteiger partial charge >= 0.3 is 18.1 Å². The normalized spacial score (nSPS) is 19.4. The summed E-state index contributed by atoms with van der Waals surface area (Å²) in [4.78, 5) is 71.4. The number of nitro groups is 1. The van der Waals surface area contributed by atoms with Crippen molar-refractivity contribution >= 4 is 44.5 Å². The van der Waals surface area contributed by atoms with Gasteiger partial charge in [0, 0.05) is 72.4 Å². The molecule has 27 heteroatoms. The number of nitrogens with one attached hydrogen (secondary N) is 2. The van der Waals surface area contributed by atoms with Crippen LogP contribution in [0.1, 0.15) is 92.0 Å². The van der Waals surface area contributed by atoms with E-state index in [1.807, 2.05) is 111 Å². The van der Waals surface area contributed by atoms with Crippen LogP contribution in [0.2, 0.25) is 0 Å². The fourth-order valence-corrected chi connectivity index (χ4v) is 14.4. The molecular formula is C62H68N8O16P2S. The number of hydrogen-bond donors (Lipinski definition) is 2. The van der Waals surface area contributed by atoms with Crippen LogP contribution in [-0.2, 0) is 49.7 Å². The Morgan fingerprint density at radius 1 is 0.820 bits per heavy atom.